The number of tetrazole rings is 1. The topological polar surface area (TPSA) is 92.9 Å². The number of hydrogen-bond acceptors (Lipinski definition) is 5. The SMILES string of the molecule is Cn1nnnc1NC1C2CCC(C2)C1C(=O)O. The van der Waals surface area contributed by atoms with Crippen molar-refractivity contribution in [1.82, 2.24) is 20.2 Å². The van der Waals surface area contributed by atoms with Gasteiger partial charge in [-0.3, -0.25) is 4.79 Å². The Morgan fingerprint density at radius 3 is 2.88 bits per heavy atom. The van der Waals surface area contributed by atoms with E-state index in [0.29, 0.717) is 17.8 Å². The number of rotatable bonds is 3. The minimum Gasteiger partial charge on any atom is -0.481 e. The van der Waals surface area contributed by atoms with E-state index in [2.05, 4.69) is 20.8 Å². The molecule has 0 aliphatic heterocycles. The molecule has 2 bridgehead atoms. The highest BCUT2D eigenvalue weighted by Gasteiger charge is 2.51. The summed E-state index contributed by atoms with van der Waals surface area (Å²) >= 11 is 0. The van der Waals surface area contributed by atoms with Gasteiger partial charge in [-0.15, -0.1) is 0 Å². The first-order chi connectivity index (χ1) is 8.16. The highest BCUT2D eigenvalue weighted by atomic mass is 16.4. The van der Waals surface area contributed by atoms with Gasteiger partial charge < -0.3 is 10.4 Å². The molecule has 4 atom stereocenters. The first kappa shape index (κ1) is 10.5. The van der Waals surface area contributed by atoms with Crippen molar-refractivity contribution in [1.29, 1.82) is 0 Å². The first-order valence-corrected chi connectivity index (χ1v) is 5.88. The second-order valence-corrected chi connectivity index (χ2v) is 4.99. The smallest absolute Gasteiger partial charge is 0.308 e. The summed E-state index contributed by atoms with van der Waals surface area (Å²) in [5, 5.41) is 23.6. The lowest BCUT2D eigenvalue weighted by molar-refractivity contribution is -0.143. The van der Waals surface area contributed by atoms with Crippen molar-refractivity contribution < 1.29 is 9.90 Å². The molecule has 2 fully saturated rings. The molecule has 0 aromatic carbocycles. The van der Waals surface area contributed by atoms with E-state index in [-0.39, 0.29) is 12.0 Å². The van der Waals surface area contributed by atoms with Crippen LogP contribution in [0.3, 0.4) is 0 Å². The number of anilines is 1. The van der Waals surface area contributed by atoms with Crippen molar-refractivity contribution in [2.24, 2.45) is 24.8 Å². The largest absolute Gasteiger partial charge is 0.481 e. The van der Waals surface area contributed by atoms with Crippen molar-refractivity contribution in [3.05, 3.63) is 0 Å². The summed E-state index contributed by atoms with van der Waals surface area (Å²) in [5.74, 6) is 0.304. The van der Waals surface area contributed by atoms with Crippen LogP contribution in [0.5, 0.6) is 0 Å². The number of carboxylic acid groups (broad SMARTS) is 1. The molecular formula is C10H15N5O2. The molecule has 0 radical (unpaired) electrons. The van der Waals surface area contributed by atoms with Crippen molar-refractivity contribution in [2.75, 3.05) is 5.32 Å². The number of fused-ring (bicyclic) bond motifs is 2. The zero-order valence-corrected chi connectivity index (χ0v) is 9.58. The molecule has 7 heteroatoms. The van der Waals surface area contributed by atoms with E-state index >= 15 is 0 Å². The predicted molar refractivity (Wildman–Crippen MR) is 58.2 cm³/mol. The lowest BCUT2D eigenvalue weighted by atomic mass is 9.84. The van der Waals surface area contributed by atoms with E-state index in [4.69, 9.17) is 0 Å². The zero-order valence-electron chi connectivity index (χ0n) is 9.58. The number of aromatic nitrogens is 4. The van der Waals surface area contributed by atoms with Crippen LogP contribution in [0.1, 0.15) is 19.3 Å². The third-order valence-corrected chi connectivity index (χ3v) is 4.12. The van der Waals surface area contributed by atoms with Crippen molar-refractivity contribution in [3.8, 4) is 0 Å². The number of carbonyl (C=O) groups is 1. The van der Waals surface area contributed by atoms with Gasteiger partial charge in [0.25, 0.3) is 0 Å². The maximum Gasteiger partial charge on any atom is 0.308 e. The quantitative estimate of drug-likeness (QED) is 0.775. The summed E-state index contributed by atoms with van der Waals surface area (Å²) in [7, 11) is 1.74. The third-order valence-electron chi connectivity index (χ3n) is 4.12. The fourth-order valence-corrected chi connectivity index (χ4v) is 3.36. The molecule has 0 spiro atoms. The highest BCUT2D eigenvalue weighted by molar-refractivity contribution is 5.73. The molecule has 2 aliphatic rings. The van der Waals surface area contributed by atoms with Crippen molar-refractivity contribution >= 4 is 11.9 Å². The maximum absolute atomic E-state index is 11.3. The Kier molecular flexibility index (Phi) is 2.27. The minimum absolute atomic E-state index is 0.0315. The third kappa shape index (κ3) is 1.57. The number of aryl methyl sites for hydroxylation is 1. The molecule has 2 N–H and O–H groups in total. The van der Waals surface area contributed by atoms with Gasteiger partial charge in [0.1, 0.15) is 0 Å². The average Bonchev–Trinajstić information content (AvgIpc) is 2.95. The molecule has 2 aliphatic carbocycles. The molecule has 0 saturated heterocycles. The monoisotopic (exact) mass is 237 g/mol. The van der Waals surface area contributed by atoms with Crippen LogP contribution in [0.2, 0.25) is 0 Å². The Labute approximate surface area is 98.2 Å². The number of hydrogen-bond donors (Lipinski definition) is 2. The minimum atomic E-state index is -0.704. The van der Waals surface area contributed by atoms with Crippen LogP contribution in [0.4, 0.5) is 5.95 Å². The second-order valence-electron chi connectivity index (χ2n) is 4.99. The van der Waals surface area contributed by atoms with Gasteiger partial charge >= 0.3 is 5.97 Å². The molecule has 0 amide bonds. The molecule has 17 heavy (non-hydrogen) atoms. The lowest BCUT2D eigenvalue weighted by Crippen LogP contribution is -2.39. The van der Waals surface area contributed by atoms with E-state index < -0.39 is 5.97 Å². The maximum atomic E-state index is 11.3. The fourth-order valence-electron chi connectivity index (χ4n) is 3.36. The summed E-state index contributed by atoms with van der Waals surface area (Å²) in [5.41, 5.74) is 0. The zero-order chi connectivity index (χ0) is 12.0. The van der Waals surface area contributed by atoms with Gasteiger partial charge in [0.2, 0.25) is 5.95 Å². The Hall–Kier alpha value is -1.66. The van der Waals surface area contributed by atoms with Gasteiger partial charge in [-0.25, -0.2) is 4.68 Å². The molecule has 92 valence electrons. The van der Waals surface area contributed by atoms with Crippen LogP contribution in [0.15, 0.2) is 0 Å². The van der Waals surface area contributed by atoms with Crippen LogP contribution in [0, 0.1) is 17.8 Å². The van der Waals surface area contributed by atoms with Gasteiger partial charge in [-0.1, -0.05) is 5.10 Å². The van der Waals surface area contributed by atoms with Crippen LogP contribution in [0.25, 0.3) is 0 Å². The van der Waals surface area contributed by atoms with Gasteiger partial charge in [-0.2, -0.15) is 0 Å². The molecule has 3 rings (SSSR count). The Morgan fingerprint density at radius 1 is 1.47 bits per heavy atom. The van der Waals surface area contributed by atoms with E-state index in [1.54, 1.807) is 7.05 Å². The van der Waals surface area contributed by atoms with Gasteiger partial charge in [-0.05, 0) is 41.5 Å². The van der Waals surface area contributed by atoms with Gasteiger partial charge in [0.05, 0.1) is 5.92 Å². The summed E-state index contributed by atoms with van der Waals surface area (Å²) < 4.78 is 1.53. The summed E-state index contributed by atoms with van der Waals surface area (Å²) in [6, 6.07) is -0.0315. The normalized spacial score (nSPS) is 35.1. The van der Waals surface area contributed by atoms with Crippen molar-refractivity contribution in [2.45, 2.75) is 25.3 Å². The highest BCUT2D eigenvalue weighted by Crippen LogP contribution is 2.49. The van der Waals surface area contributed by atoms with E-state index in [9.17, 15) is 9.90 Å². The molecule has 4 unspecified atom stereocenters. The summed E-state index contributed by atoms with van der Waals surface area (Å²) in [4.78, 5) is 11.3. The molecule has 2 saturated carbocycles. The fraction of sp³-hybridized carbons (Fsp3) is 0.800. The van der Waals surface area contributed by atoms with Crippen LogP contribution >= 0.6 is 0 Å². The van der Waals surface area contributed by atoms with Crippen LogP contribution in [-0.2, 0) is 11.8 Å². The number of nitrogens with one attached hydrogen (secondary N) is 1. The molecule has 7 nitrogen and oxygen atoms in total. The molecule has 1 aromatic rings. The predicted octanol–water partition coefficient (Wildman–Crippen LogP) is 0.121. The first-order valence-electron chi connectivity index (χ1n) is 5.88. The standard InChI is InChI=1S/C10H15N5O2/c1-15-10(12-13-14-15)11-8-6-3-2-5(4-6)7(8)9(16)17/h5-8H,2-4H2,1H3,(H,16,17)(H,11,12,14). The Balaban J connectivity index is 1.82. The number of nitrogens with zero attached hydrogens (tertiary/aromatic N) is 4. The van der Waals surface area contributed by atoms with Crippen molar-refractivity contribution in [3.63, 3.8) is 0 Å². The van der Waals surface area contributed by atoms with Gasteiger partial charge in [0, 0.05) is 13.1 Å². The van der Waals surface area contributed by atoms with E-state index in [1.807, 2.05) is 0 Å². The van der Waals surface area contributed by atoms with Crippen LogP contribution in [-0.4, -0.2) is 37.3 Å². The molecule has 1 aromatic heterocycles. The van der Waals surface area contributed by atoms with E-state index in [0.717, 1.165) is 19.3 Å². The lowest BCUT2D eigenvalue weighted by Gasteiger charge is -2.28. The summed E-state index contributed by atoms with van der Waals surface area (Å²) in [6.45, 7) is 0. The molecular weight excluding hydrogens is 222 g/mol. The molecule has 1 heterocycles. The Bertz CT molecular complexity index is 446. The number of aliphatic carboxylic acids is 1. The summed E-state index contributed by atoms with van der Waals surface area (Å²) in [6.07, 6.45) is 3.16. The van der Waals surface area contributed by atoms with E-state index in [1.165, 1.54) is 4.68 Å². The van der Waals surface area contributed by atoms with Gasteiger partial charge in [0.15, 0.2) is 0 Å². The Morgan fingerprint density at radius 2 is 2.24 bits per heavy atom. The average molecular weight is 237 g/mol. The van der Waals surface area contributed by atoms with Crippen LogP contribution < -0.4 is 5.32 Å². The number of carboxylic acids is 1. The second kappa shape index (κ2) is 3.68.